The van der Waals surface area contributed by atoms with Gasteiger partial charge >= 0.3 is 5.97 Å². The molecule has 0 radical (unpaired) electrons. The first-order chi connectivity index (χ1) is 12.0. The number of aromatic hydroxyl groups is 1. The van der Waals surface area contributed by atoms with E-state index in [1.165, 1.54) is 6.07 Å². The van der Waals surface area contributed by atoms with Gasteiger partial charge in [0.15, 0.2) is 6.61 Å². The zero-order valence-electron chi connectivity index (χ0n) is 14.6. The van der Waals surface area contributed by atoms with Crippen molar-refractivity contribution in [3.05, 3.63) is 42.0 Å². The van der Waals surface area contributed by atoms with Crippen molar-refractivity contribution in [2.45, 2.75) is 20.3 Å². The van der Waals surface area contributed by atoms with E-state index in [1.54, 1.807) is 23.1 Å². The van der Waals surface area contributed by atoms with Gasteiger partial charge in [0.25, 0.3) is 5.91 Å². The Bertz CT molecular complexity index is 791. The van der Waals surface area contributed by atoms with Crippen LogP contribution < -0.4 is 0 Å². The fraction of sp³-hybridized carbons (Fsp3) is 0.400. The van der Waals surface area contributed by atoms with Crippen LogP contribution in [-0.4, -0.2) is 41.6 Å². The normalized spacial score (nSPS) is 20.5. The molecule has 132 valence electrons. The van der Waals surface area contributed by atoms with Crippen LogP contribution in [0.1, 0.15) is 30.6 Å². The minimum Gasteiger partial charge on any atom is -0.506 e. The van der Waals surface area contributed by atoms with Gasteiger partial charge in [-0.25, -0.2) is 4.79 Å². The van der Waals surface area contributed by atoms with Gasteiger partial charge in [-0.05, 0) is 29.7 Å². The van der Waals surface area contributed by atoms with Crippen LogP contribution in [0.5, 0.6) is 5.75 Å². The molecule has 1 amide bonds. The molecule has 1 N–H and O–H groups in total. The minimum absolute atomic E-state index is 0.0758. The summed E-state index contributed by atoms with van der Waals surface area (Å²) < 4.78 is 5.15. The summed E-state index contributed by atoms with van der Waals surface area (Å²) in [5.74, 6) is -0.0848. The standard InChI is InChI=1S/C20H23NO4/c1-13-9-14(2)11-21(10-13)18(22)12-25-20(24)17-8-7-15-5-3-4-6-16(15)19(17)23/h3-8,13-14,23H,9-12H2,1-2H3/t13-,14-/m0/s1. The lowest BCUT2D eigenvalue weighted by molar-refractivity contribution is -0.137. The van der Waals surface area contributed by atoms with Gasteiger partial charge < -0.3 is 14.7 Å². The second kappa shape index (κ2) is 7.13. The van der Waals surface area contributed by atoms with E-state index in [-0.39, 0.29) is 23.8 Å². The van der Waals surface area contributed by atoms with Crippen LogP contribution in [0, 0.1) is 11.8 Å². The molecule has 1 fully saturated rings. The van der Waals surface area contributed by atoms with Crippen LogP contribution in [0.25, 0.3) is 10.8 Å². The number of fused-ring (bicyclic) bond motifs is 1. The largest absolute Gasteiger partial charge is 0.506 e. The number of hydrogen-bond acceptors (Lipinski definition) is 4. The van der Waals surface area contributed by atoms with Crippen LogP contribution in [0.2, 0.25) is 0 Å². The molecule has 0 bridgehead atoms. The average molecular weight is 341 g/mol. The molecule has 2 aromatic rings. The minimum atomic E-state index is -0.685. The molecule has 25 heavy (non-hydrogen) atoms. The van der Waals surface area contributed by atoms with Crippen molar-refractivity contribution in [3.63, 3.8) is 0 Å². The Balaban J connectivity index is 1.66. The first-order valence-electron chi connectivity index (χ1n) is 8.61. The summed E-state index contributed by atoms with van der Waals surface area (Å²) in [6, 6.07) is 10.5. The number of carbonyl (C=O) groups excluding carboxylic acids is 2. The van der Waals surface area contributed by atoms with Crippen molar-refractivity contribution in [2.75, 3.05) is 19.7 Å². The molecule has 1 saturated heterocycles. The summed E-state index contributed by atoms with van der Waals surface area (Å²) in [6.45, 7) is 5.33. The van der Waals surface area contributed by atoms with Crippen molar-refractivity contribution < 1.29 is 19.4 Å². The van der Waals surface area contributed by atoms with E-state index in [4.69, 9.17) is 4.74 Å². The molecular formula is C20H23NO4. The summed E-state index contributed by atoms with van der Waals surface area (Å²) in [5, 5.41) is 11.7. The molecule has 5 nitrogen and oxygen atoms in total. The second-order valence-corrected chi connectivity index (χ2v) is 7.00. The Morgan fingerprint density at radius 2 is 1.80 bits per heavy atom. The summed E-state index contributed by atoms with van der Waals surface area (Å²) >= 11 is 0. The van der Waals surface area contributed by atoms with Crippen molar-refractivity contribution in [2.24, 2.45) is 11.8 Å². The number of phenolic OH excluding ortho intramolecular Hbond substituents is 1. The molecule has 0 spiro atoms. The number of benzene rings is 2. The number of carbonyl (C=O) groups is 2. The van der Waals surface area contributed by atoms with Crippen molar-refractivity contribution in [1.29, 1.82) is 0 Å². The first-order valence-corrected chi connectivity index (χ1v) is 8.61. The van der Waals surface area contributed by atoms with Gasteiger partial charge in [0.05, 0.1) is 0 Å². The predicted molar refractivity (Wildman–Crippen MR) is 95.4 cm³/mol. The van der Waals surface area contributed by atoms with Gasteiger partial charge in [-0.1, -0.05) is 44.2 Å². The Labute approximate surface area is 147 Å². The highest BCUT2D eigenvalue weighted by molar-refractivity contribution is 6.01. The number of piperidine rings is 1. The second-order valence-electron chi connectivity index (χ2n) is 7.00. The molecule has 2 atom stereocenters. The average Bonchev–Trinajstić information content (AvgIpc) is 2.59. The van der Waals surface area contributed by atoms with Crippen LogP contribution in [0.4, 0.5) is 0 Å². The first kappa shape index (κ1) is 17.3. The summed E-state index contributed by atoms with van der Waals surface area (Å²) in [4.78, 5) is 26.3. The molecule has 3 rings (SSSR count). The van der Waals surface area contributed by atoms with Crippen molar-refractivity contribution in [3.8, 4) is 5.75 Å². The molecule has 5 heteroatoms. The third-order valence-corrected chi connectivity index (χ3v) is 4.67. The van der Waals surface area contributed by atoms with E-state index < -0.39 is 5.97 Å². The monoisotopic (exact) mass is 341 g/mol. The predicted octanol–water partition coefficient (Wildman–Crippen LogP) is 3.21. The Morgan fingerprint density at radius 3 is 2.52 bits per heavy atom. The van der Waals surface area contributed by atoms with Crippen LogP contribution >= 0.6 is 0 Å². The molecule has 1 heterocycles. The van der Waals surface area contributed by atoms with Gasteiger partial charge in [0.1, 0.15) is 11.3 Å². The number of phenols is 1. The van der Waals surface area contributed by atoms with Gasteiger partial charge in [-0.2, -0.15) is 0 Å². The fourth-order valence-electron chi connectivity index (χ4n) is 3.58. The van der Waals surface area contributed by atoms with E-state index >= 15 is 0 Å². The Morgan fingerprint density at radius 1 is 1.12 bits per heavy atom. The SMILES string of the molecule is C[C@H]1C[C@H](C)CN(C(=O)COC(=O)c2ccc3ccccc3c2O)C1. The van der Waals surface area contributed by atoms with Crippen LogP contribution in [-0.2, 0) is 9.53 Å². The van der Waals surface area contributed by atoms with Gasteiger partial charge in [0.2, 0.25) is 0 Å². The maximum absolute atomic E-state index is 12.3. The topological polar surface area (TPSA) is 66.8 Å². The molecule has 0 aromatic heterocycles. The molecule has 1 aliphatic heterocycles. The molecule has 0 unspecified atom stereocenters. The van der Waals surface area contributed by atoms with Crippen LogP contribution in [0.15, 0.2) is 36.4 Å². The number of esters is 1. The lowest BCUT2D eigenvalue weighted by Crippen LogP contribution is -2.44. The maximum Gasteiger partial charge on any atom is 0.342 e. The van der Waals surface area contributed by atoms with Crippen molar-refractivity contribution in [1.82, 2.24) is 4.90 Å². The Kier molecular flexibility index (Phi) is 4.93. The zero-order chi connectivity index (χ0) is 18.0. The highest BCUT2D eigenvalue weighted by atomic mass is 16.5. The highest BCUT2D eigenvalue weighted by Crippen LogP contribution is 2.29. The molecule has 0 aliphatic carbocycles. The van der Waals surface area contributed by atoms with Gasteiger partial charge in [-0.15, -0.1) is 0 Å². The lowest BCUT2D eigenvalue weighted by Gasteiger charge is -2.34. The molecular weight excluding hydrogens is 318 g/mol. The summed E-state index contributed by atoms with van der Waals surface area (Å²) in [5.41, 5.74) is 0.0758. The van der Waals surface area contributed by atoms with E-state index in [9.17, 15) is 14.7 Å². The molecule has 2 aromatic carbocycles. The maximum atomic E-state index is 12.3. The van der Waals surface area contributed by atoms with Crippen molar-refractivity contribution >= 4 is 22.6 Å². The number of likely N-dealkylation sites (tertiary alicyclic amines) is 1. The number of hydrogen-bond donors (Lipinski definition) is 1. The van der Waals surface area contributed by atoms with Crippen LogP contribution in [0.3, 0.4) is 0 Å². The summed E-state index contributed by atoms with van der Waals surface area (Å²) in [6.07, 6.45) is 1.11. The van der Waals surface area contributed by atoms with E-state index in [1.807, 2.05) is 12.1 Å². The van der Waals surface area contributed by atoms with E-state index in [0.29, 0.717) is 30.3 Å². The number of nitrogens with zero attached hydrogens (tertiary/aromatic N) is 1. The molecule has 0 saturated carbocycles. The lowest BCUT2D eigenvalue weighted by atomic mass is 9.92. The van der Waals surface area contributed by atoms with Gasteiger partial charge in [0, 0.05) is 18.5 Å². The highest BCUT2D eigenvalue weighted by Gasteiger charge is 2.26. The fourth-order valence-corrected chi connectivity index (χ4v) is 3.58. The number of ether oxygens (including phenoxy) is 1. The smallest absolute Gasteiger partial charge is 0.342 e. The van der Waals surface area contributed by atoms with E-state index in [0.717, 1.165) is 11.8 Å². The Hall–Kier alpha value is -2.56. The third kappa shape index (κ3) is 3.76. The zero-order valence-corrected chi connectivity index (χ0v) is 14.6. The summed E-state index contributed by atoms with van der Waals surface area (Å²) in [7, 11) is 0. The number of rotatable bonds is 3. The number of amides is 1. The third-order valence-electron chi connectivity index (χ3n) is 4.67. The van der Waals surface area contributed by atoms with Gasteiger partial charge in [-0.3, -0.25) is 4.79 Å². The van der Waals surface area contributed by atoms with E-state index in [2.05, 4.69) is 13.8 Å². The quantitative estimate of drug-likeness (QED) is 0.871. The molecule has 1 aliphatic rings.